The van der Waals surface area contributed by atoms with Gasteiger partial charge in [-0.25, -0.2) is 0 Å². The molecule has 3 fully saturated rings. The van der Waals surface area contributed by atoms with Crippen LogP contribution >= 0.6 is 0 Å². The third-order valence-electron chi connectivity index (χ3n) is 6.73. The third kappa shape index (κ3) is 1.17. The van der Waals surface area contributed by atoms with E-state index in [1.807, 2.05) is 0 Å². The standard InChI is InChI=1S/C16H28/c1-4-9-15-11-16(15)10-5-6-12(2)14(16)8-7-13(15)3/h12-14H,4-11H2,1-3H3. The Morgan fingerprint density at radius 1 is 1.12 bits per heavy atom. The highest BCUT2D eigenvalue weighted by Crippen LogP contribution is 2.81. The Balaban J connectivity index is 1.90. The first kappa shape index (κ1) is 11.1. The molecule has 0 nitrogen and oxygen atoms in total. The topological polar surface area (TPSA) is 0 Å². The van der Waals surface area contributed by atoms with Gasteiger partial charge in [0, 0.05) is 0 Å². The molecule has 0 amide bonds. The molecule has 92 valence electrons. The van der Waals surface area contributed by atoms with Crippen LogP contribution in [0.4, 0.5) is 0 Å². The van der Waals surface area contributed by atoms with Crippen LogP contribution in [0, 0.1) is 28.6 Å². The van der Waals surface area contributed by atoms with Crippen LogP contribution in [-0.2, 0) is 0 Å². The summed E-state index contributed by atoms with van der Waals surface area (Å²) >= 11 is 0. The molecule has 3 rings (SSSR count). The van der Waals surface area contributed by atoms with E-state index in [0.717, 1.165) is 28.6 Å². The summed E-state index contributed by atoms with van der Waals surface area (Å²) < 4.78 is 0. The van der Waals surface area contributed by atoms with Gasteiger partial charge in [-0.05, 0) is 60.7 Å². The lowest BCUT2D eigenvalue weighted by atomic mass is 9.58. The van der Waals surface area contributed by atoms with Gasteiger partial charge in [0.05, 0.1) is 0 Å². The Morgan fingerprint density at radius 2 is 1.94 bits per heavy atom. The molecule has 3 aliphatic carbocycles. The molecule has 0 aliphatic heterocycles. The van der Waals surface area contributed by atoms with E-state index in [1.54, 1.807) is 19.3 Å². The van der Waals surface area contributed by atoms with Crippen LogP contribution in [0.15, 0.2) is 0 Å². The average molecular weight is 220 g/mol. The highest BCUT2D eigenvalue weighted by atomic mass is 14.8. The molecule has 0 N–H and O–H groups in total. The van der Waals surface area contributed by atoms with Crippen LogP contribution in [0.3, 0.4) is 0 Å². The van der Waals surface area contributed by atoms with Gasteiger partial charge in [-0.15, -0.1) is 0 Å². The fourth-order valence-electron chi connectivity index (χ4n) is 5.99. The lowest BCUT2D eigenvalue weighted by Crippen LogP contribution is -2.39. The summed E-state index contributed by atoms with van der Waals surface area (Å²) in [6.07, 6.45) is 12.2. The second-order valence-electron chi connectivity index (χ2n) is 7.19. The maximum absolute atomic E-state index is 2.56. The molecule has 3 aliphatic rings. The van der Waals surface area contributed by atoms with E-state index in [0.29, 0.717) is 0 Å². The van der Waals surface area contributed by atoms with E-state index in [9.17, 15) is 0 Å². The first-order valence-electron chi connectivity index (χ1n) is 7.66. The van der Waals surface area contributed by atoms with E-state index >= 15 is 0 Å². The minimum atomic E-state index is 0.805. The number of hydrogen-bond donors (Lipinski definition) is 0. The minimum absolute atomic E-state index is 0.805. The predicted molar refractivity (Wildman–Crippen MR) is 69.3 cm³/mol. The maximum atomic E-state index is 2.56. The van der Waals surface area contributed by atoms with Gasteiger partial charge in [0.1, 0.15) is 0 Å². The fourth-order valence-corrected chi connectivity index (χ4v) is 5.99. The molecule has 0 saturated heterocycles. The van der Waals surface area contributed by atoms with Crippen molar-refractivity contribution in [3.05, 3.63) is 0 Å². The van der Waals surface area contributed by atoms with Crippen molar-refractivity contribution in [3.8, 4) is 0 Å². The van der Waals surface area contributed by atoms with Crippen molar-refractivity contribution >= 4 is 0 Å². The van der Waals surface area contributed by atoms with Gasteiger partial charge in [-0.1, -0.05) is 40.0 Å². The van der Waals surface area contributed by atoms with E-state index in [1.165, 1.54) is 32.1 Å². The lowest BCUT2D eigenvalue weighted by molar-refractivity contribution is 0.0227. The number of hydrogen-bond acceptors (Lipinski definition) is 0. The summed E-state index contributed by atoms with van der Waals surface area (Å²) in [4.78, 5) is 0. The normalized spacial score (nSPS) is 55.3. The van der Waals surface area contributed by atoms with E-state index in [2.05, 4.69) is 20.8 Å². The zero-order valence-electron chi connectivity index (χ0n) is 11.4. The minimum Gasteiger partial charge on any atom is -0.0654 e. The SMILES string of the molecule is CCCC12CC13CCCC(C)C3CCC2C. The van der Waals surface area contributed by atoms with Crippen LogP contribution in [0.2, 0.25) is 0 Å². The molecule has 0 aromatic rings. The molecular formula is C16H28. The molecule has 1 spiro atoms. The molecule has 3 saturated carbocycles. The molecular weight excluding hydrogens is 192 g/mol. The lowest BCUT2D eigenvalue weighted by Gasteiger charge is -2.47. The third-order valence-corrected chi connectivity index (χ3v) is 6.73. The van der Waals surface area contributed by atoms with E-state index in [4.69, 9.17) is 0 Å². The molecule has 0 radical (unpaired) electrons. The smallest absolute Gasteiger partial charge is 0.0202 e. The van der Waals surface area contributed by atoms with Gasteiger partial charge < -0.3 is 0 Å². The van der Waals surface area contributed by atoms with Crippen molar-refractivity contribution < 1.29 is 0 Å². The molecule has 0 heteroatoms. The fraction of sp³-hybridized carbons (Fsp3) is 1.00. The van der Waals surface area contributed by atoms with Gasteiger partial charge in [0.25, 0.3) is 0 Å². The van der Waals surface area contributed by atoms with Crippen LogP contribution in [0.25, 0.3) is 0 Å². The summed E-state index contributed by atoms with van der Waals surface area (Å²) in [5, 5.41) is 0. The second kappa shape index (κ2) is 3.50. The summed E-state index contributed by atoms with van der Waals surface area (Å²) in [5.41, 5.74) is 1.64. The van der Waals surface area contributed by atoms with Crippen LogP contribution in [-0.4, -0.2) is 0 Å². The van der Waals surface area contributed by atoms with Crippen molar-refractivity contribution in [2.75, 3.05) is 0 Å². The van der Waals surface area contributed by atoms with Crippen molar-refractivity contribution in [2.24, 2.45) is 28.6 Å². The molecule has 5 atom stereocenters. The molecule has 0 aromatic carbocycles. The van der Waals surface area contributed by atoms with Gasteiger partial charge in [0.2, 0.25) is 0 Å². The first-order chi connectivity index (χ1) is 7.66. The molecule has 0 heterocycles. The molecule has 16 heavy (non-hydrogen) atoms. The van der Waals surface area contributed by atoms with Crippen molar-refractivity contribution in [2.45, 2.75) is 72.1 Å². The van der Waals surface area contributed by atoms with Crippen molar-refractivity contribution in [1.82, 2.24) is 0 Å². The monoisotopic (exact) mass is 220 g/mol. The summed E-state index contributed by atoms with van der Waals surface area (Å²) in [6.45, 7) is 7.49. The van der Waals surface area contributed by atoms with Gasteiger partial charge in [-0.3, -0.25) is 0 Å². The summed E-state index contributed by atoms with van der Waals surface area (Å²) in [5.74, 6) is 3.15. The van der Waals surface area contributed by atoms with Crippen molar-refractivity contribution in [1.29, 1.82) is 0 Å². The zero-order chi connectivity index (χ0) is 11.4. The van der Waals surface area contributed by atoms with Gasteiger partial charge in [-0.2, -0.15) is 0 Å². The molecule has 5 unspecified atom stereocenters. The molecule has 0 aromatic heterocycles. The Hall–Kier alpha value is 0. The maximum Gasteiger partial charge on any atom is -0.0202 e. The highest BCUT2D eigenvalue weighted by Gasteiger charge is 2.73. The largest absolute Gasteiger partial charge is 0.0654 e. The van der Waals surface area contributed by atoms with Crippen molar-refractivity contribution in [3.63, 3.8) is 0 Å². The van der Waals surface area contributed by atoms with Gasteiger partial charge >= 0.3 is 0 Å². The Morgan fingerprint density at radius 3 is 2.69 bits per heavy atom. The second-order valence-corrected chi connectivity index (χ2v) is 7.19. The highest BCUT2D eigenvalue weighted by molar-refractivity contribution is 5.22. The Bertz CT molecular complexity index is 282. The summed E-state index contributed by atoms with van der Waals surface area (Å²) in [7, 11) is 0. The Labute approximate surface area is 101 Å². The van der Waals surface area contributed by atoms with Crippen LogP contribution in [0.5, 0.6) is 0 Å². The average Bonchev–Trinajstić information content (AvgIpc) is 2.89. The van der Waals surface area contributed by atoms with Gasteiger partial charge in [0.15, 0.2) is 0 Å². The molecule has 0 bridgehead atoms. The quantitative estimate of drug-likeness (QED) is 0.612. The zero-order valence-corrected chi connectivity index (χ0v) is 11.4. The van der Waals surface area contributed by atoms with E-state index in [-0.39, 0.29) is 0 Å². The van der Waals surface area contributed by atoms with Crippen LogP contribution in [0.1, 0.15) is 72.1 Å². The van der Waals surface area contributed by atoms with Crippen LogP contribution < -0.4 is 0 Å². The Kier molecular flexibility index (Phi) is 2.43. The predicted octanol–water partition coefficient (Wildman–Crippen LogP) is 5.03. The summed E-state index contributed by atoms with van der Waals surface area (Å²) in [6, 6.07) is 0. The number of rotatable bonds is 2. The first-order valence-corrected chi connectivity index (χ1v) is 7.66. The van der Waals surface area contributed by atoms with E-state index < -0.39 is 0 Å².